The van der Waals surface area contributed by atoms with Gasteiger partial charge in [0.2, 0.25) is 0 Å². The van der Waals surface area contributed by atoms with Crippen molar-refractivity contribution in [3.05, 3.63) is 34.6 Å². The molecule has 0 amide bonds. The lowest BCUT2D eigenvalue weighted by Crippen LogP contribution is -2.10. The highest BCUT2D eigenvalue weighted by Gasteiger charge is 2.34. The Hall–Kier alpha value is -1.38. The van der Waals surface area contributed by atoms with Gasteiger partial charge in [-0.25, -0.2) is 4.39 Å². The van der Waals surface area contributed by atoms with Crippen molar-refractivity contribution in [2.24, 2.45) is 5.92 Å². The molecule has 17 heavy (non-hydrogen) atoms. The minimum absolute atomic E-state index is 0.0480. The molecule has 1 unspecified atom stereocenters. The quantitative estimate of drug-likeness (QED) is 0.869. The monoisotopic (exact) mass is 236 g/mol. The first-order valence-electron chi connectivity index (χ1n) is 5.97. The number of carboxylic acids is 1. The van der Waals surface area contributed by atoms with Crippen molar-refractivity contribution in [2.75, 3.05) is 0 Å². The lowest BCUT2D eigenvalue weighted by Gasteiger charge is -2.18. The van der Waals surface area contributed by atoms with E-state index in [2.05, 4.69) is 0 Å². The fourth-order valence-corrected chi connectivity index (χ4v) is 2.42. The maximum absolute atomic E-state index is 13.4. The second-order valence-electron chi connectivity index (χ2n) is 5.00. The largest absolute Gasteiger partial charge is 0.481 e. The first kappa shape index (κ1) is 12.1. The highest BCUT2D eigenvalue weighted by atomic mass is 19.1. The van der Waals surface area contributed by atoms with Gasteiger partial charge in [0.15, 0.2) is 0 Å². The van der Waals surface area contributed by atoms with Crippen molar-refractivity contribution in [2.45, 2.75) is 39.0 Å². The Morgan fingerprint density at radius 2 is 2.06 bits per heavy atom. The second kappa shape index (κ2) is 4.47. The first-order valence-corrected chi connectivity index (χ1v) is 5.97. The van der Waals surface area contributed by atoms with Gasteiger partial charge in [-0.1, -0.05) is 6.07 Å². The van der Waals surface area contributed by atoms with Gasteiger partial charge in [-0.2, -0.15) is 0 Å². The lowest BCUT2D eigenvalue weighted by molar-refractivity contribution is -0.137. The number of rotatable bonds is 4. The molecular weight excluding hydrogens is 219 g/mol. The molecule has 1 aromatic carbocycles. The lowest BCUT2D eigenvalue weighted by atomic mass is 9.87. The number of halogens is 1. The zero-order valence-electron chi connectivity index (χ0n) is 10.2. The van der Waals surface area contributed by atoms with Crippen LogP contribution in [0.1, 0.15) is 41.9 Å². The molecule has 0 heterocycles. The third-order valence-electron chi connectivity index (χ3n) is 3.53. The molecule has 2 nitrogen and oxygen atoms in total. The smallest absolute Gasteiger partial charge is 0.303 e. The minimum atomic E-state index is -0.775. The van der Waals surface area contributed by atoms with Gasteiger partial charge < -0.3 is 5.11 Å². The molecule has 1 saturated carbocycles. The predicted molar refractivity (Wildman–Crippen MR) is 63.6 cm³/mol. The standard InChI is InChI=1S/C14H17FO2/c1-8-6-13(15)9(2)5-11(8)12(7-14(16)17)10-3-4-10/h5-6,10,12H,3-4,7H2,1-2H3,(H,16,17). The maximum Gasteiger partial charge on any atom is 0.303 e. The number of aliphatic carboxylic acids is 1. The van der Waals surface area contributed by atoms with E-state index in [1.54, 1.807) is 6.92 Å². The van der Waals surface area contributed by atoms with Crippen LogP contribution in [0.5, 0.6) is 0 Å². The summed E-state index contributed by atoms with van der Waals surface area (Å²) >= 11 is 0. The van der Waals surface area contributed by atoms with Crippen molar-refractivity contribution in [1.82, 2.24) is 0 Å². The molecule has 1 N–H and O–H groups in total. The van der Waals surface area contributed by atoms with Crippen molar-refractivity contribution in [3.63, 3.8) is 0 Å². The SMILES string of the molecule is Cc1cc(C(CC(=O)O)C2CC2)c(C)cc1F. The van der Waals surface area contributed by atoms with Crippen LogP contribution in [-0.2, 0) is 4.79 Å². The number of hydrogen-bond acceptors (Lipinski definition) is 1. The van der Waals surface area contributed by atoms with Crippen LogP contribution in [0.25, 0.3) is 0 Å². The van der Waals surface area contributed by atoms with Crippen LogP contribution in [0.2, 0.25) is 0 Å². The van der Waals surface area contributed by atoms with Crippen molar-refractivity contribution >= 4 is 5.97 Å². The summed E-state index contributed by atoms with van der Waals surface area (Å²) in [5.41, 5.74) is 2.47. The highest BCUT2D eigenvalue weighted by molar-refractivity contribution is 5.68. The average molecular weight is 236 g/mol. The summed E-state index contributed by atoms with van der Waals surface area (Å²) in [6.07, 6.45) is 2.33. The molecular formula is C14H17FO2. The number of benzene rings is 1. The summed E-state index contributed by atoms with van der Waals surface area (Å²) < 4.78 is 13.4. The second-order valence-corrected chi connectivity index (χ2v) is 5.00. The van der Waals surface area contributed by atoms with E-state index in [1.165, 1.54) is 6.07 Å². The van der Waals surface area contributed by atoms with Gasteiger partial charge in [0.25, 0.3) is 0 Å². The molecule has 0 saturated heterocycles. The Kier molecular flexibility index (Phi) is 3.18. The van der Waals surface area contributed by atoms with Crippen LogP contribution in [0, 0.1) is 25.6 Å². The van der Waals surface area contributed by atoms with E-state index in [0.29, 0.717) is 11.5 Å². The van der Waals surface area contributed by atoms with E-state index in [1.807, 2.05) is 13.0 Å². The zero-order chi connectivity index (χ0) is 12.6. The molecule has 92 valence electrons. The molecule has 0 aromatic heterocycles. The van der Waals surface area contributed by atoms with Crippen LogP contribution in [0.15, 0.2) is 12.1 Å². The topological polar surface area (TPSA) is 37.3 Å². The van der Waals surface area contributed by atoms with E-state index in [-0.39, 0.29) is 18.2 Å². The van der Waals surface area contributed by atoms with Crippen LogP contribution in [-0.4, -0.2) is 11.1 Å². The molecule has 1 atom stereocenters. The average Bonchev–Trinajstić information content (AvgIpc) is 3.04. The summed E-state index contributed by atoms with van der Waals surface area (Å²) in [4.78, 5) is 10.9. The Morgan fingerprint density at radius 1 is 1.41 bits per heavy atom. The molecule has 0 bridgehead atoms. The summed E-state index contributed by atoms with van der Waals surface area (Å²) in [7, 11) is 0. The molecule has 1 aliphatic rings. The van der Waals surface area contributed by atoms with Crippen LogP contribution in [0.3, 0.4) is 0 Å². The van der Waals surface area contributed by atoms with Crippen LogP contribution in [0.4, 0.5) is 4.39 Å². The van der Waals surface area contributed by atoms with Gasteiger partial charge in [-0.05, 0) is 61.3 Å². The van der Waals surface area contributed by atoms with E-state index in [4.69, 9.17) is 5.11 Å². The van der Waals surface area contributed by atoms with Crippen LogP contribution < -0.4 is 0 Å². The summed E-state index contributed by atoms with van der Waals surface area (Å²) in [5.74, 6) is -0.471. The molecule has 2 rings (SSSR count). The van der Waals surface area contributed by atoms with Gasteiger partial charge in [0.05, 0.1) is 6.42 Å². The summed E-state index contributed by atoms with van der Waals surface area (Å²) in [6, 6.07) is 3.33. The normalized spacial score (nSPS) is 16.9. The van der Waals surface area contributed by atoms with E-state index in [9.17, 15) is 9.18 Å². The first-order chi connectivity index (χ1) is 7.99. The molecule has 0 radical (unpaired) electrons. The fraction of sp³-hybridized carbons (Fsp3) is 0.500. The number of carbonyl (C=O) groups is 1. The van der Waals surface area contributed by atoms with Gasteiger partial charge in [-0.15, -0.1) is 0 Å². The Labute approximate surface area is 100 Å². The Morgan fingerprint density at radius 3 is 2.59 bits per heavy atom. The van der Waals surface area contributed by atoms with Crippen molar-refractivity contribution in [1.29, 1.82) is 0 Å². The van der Waals surface area contributed by atoms with Gasteiger partial charge >= 0.3 is 5.97 Å². The number of hydrogen-bond donors (Lipinski definition) is 1. The van der Waals surface area contributed by atoms with E-state index in [0.717, 1.165) is 24.0 Å². The van der Waals surface area contributed by atoms with E-state index < -0.39 is 5.97 Å². The zero-order valence-corrected chi connectivity index (χ0v) is 10.2. The molecule has 1 aromatic rings. The van der Waals surface area contributed by atoms with E-state index >= 15 is 0 Å². The fourth-order valence-electron chi connectivity index (χ4n) is 2.42. The van der Waals surface area contributed by atoms with Crippen LogP contribution >= 0.6 is 0 Å². The maximum atomic E-state index is 13.4. The summed E-state index contributed by atoms with van der Waals surface area (Å²) in [6.45, 7) is 3.58. The highest BCUT2D eigenvalue weighted by Crippen LogP contribution is 2.45. The predicted octanol–water partition coefficient (Wildman–Crippen LogP) is 3.41. The summed E-state index contributed by atoms with van der Waals surface area (Å²) in [5, 5.41) is 8.96. The molecule has 0 spiro atoms. The Bertz CT molecular complexity index is 450. The molecule has 0 aliphatic heterocycles. The minimum Gasteiger partial charge on any atom is -0.481 e. The molecule has 3 heteroatoms. The molecule has 1 aliphatic carbocycles. The third kappa shape index (κ3) is 2.65. The van der Waals surface area contributed by atoms with Crippen molar-refractivity contribution in [3.8, 4) is 0 Å². The number of carboxylic acid groups (broad SMARTS) is 1. The Balaban J connectivity index is 2.35. The van der Waals surface area contributed by atoms with Crippen molar-refractivity contribution < 1.29 is 14.3 Å². The van der Waals surface area contributed by atoms with Gasteiger partial charge in [0.1, 0.15) is 5.82 Å². The molecule has 1 fully saturated rings. The number of aryl methyl sites for hydroxylation is 2. The third-order valence-corrected chi connectivity index (χ3v) is 3.53. The van der Waals surface area contributed by atoms with Gasteiger partial charge in [0, 0.05) is 0 Å². The van der Waals surface area contributed by atoms with Gasteiger partial charge in [-0.3, -0.25) is 4.79 Å².